The van der Waals surface area contributed by atoms with E-state index in [4.69, 9.17) is 9.47 Å². The molecule has 1 saturated heterocycles. The van der Waals surface area contributed by atoms with Crippen LogP contribution in [-0.4, -0.2) is 29.9 Å². The summed E-state index contributed by atoms with van der Waals surface area (Å²) in [5, 5.41) is 13.0. The van der Waals surface area contributed by atoms with Crippen molar-refractivity contribution in [1.82, 2.24) is 5.32 Å². The third kappa shape index (κ3) is 5.07. The Labute approximate surface area is 205 Å². The van der Waals surface area contributed by atoms with E-state index >= 15 is 0 Å². The maximum Gasteiger partial charge on any atom is 0.335 e. The molecule has 0 unspecified atom stereocenters. The lowest BCUT2D eigenvalue weighted by molar-refractivity contribution is -0.384. The molecule has 0 radical (unpaired) electrons. The molecule has 0 spiro atoms. The van der Waals surface area contributed by atoms with Gasteiger partial charge in [-0.3, -0.25) is 25.0 Å². The minimum absolute atomic E-state index is 0.0823. The summed E-state index contributed by atoms with van der Waals surface area (Å²) >= 11 is 0. The molecule has 3 aromatic carbocycles. The van der Waals surface area contributed by atoms with E-state index in [1.54, 1.807) is 18.2 Å². The molecule has 10 nitrogen and oxygen atoms in total. The van der Waals surface area contributed by atoms with E-state index in [0.717, 1.165) is 28.2 Å². The Balaban J connectivity index is 1.58. The van der Waals surface area contributed by atoms with Gasteiger partial charge >= 0.3 is 6.03 Å². The van der Waals surface area contributed by atoms with Crippen LogP contribution in [0.3, 0.4) is 0 Å². The Bertz CT molecular complexity index is 1380. The van der Waals surface area contributed by atoms with Gasteiger partial charge in [0.25, 0.3) is 17.5 Å². The van der Waals surface area contributed by atoms with Crippen molar-refractivity contribution < 1.29 is 28.8 Å². The van der Waals surface area contributed by atoms with Crippen LogP contribution in [0.5, 0.6) is 11.5 Å². The maximum absolute atomic E-state index is 13.1. The average molecular weight is 487 g/mol. The molecule has 1 aliphatic heterocycles. The number of ether oxygens (including phenoxy) is 2. The highest BCUT2D eigenvalue weighted by Crippen LogP contribution is 2.31. The lowest BCUT2D eigenvalue weighted by Crippen LogP contribution is -2.54. The van der Waals surface area contributed by atoms with Gasteiger partial charge in [0.2, 0.25) is 0 Å². The molecule has 1 fully saturated rings. The number of aryl methyl sites for hydroxylation is 1. The van der Waals surface area contributed by atoms with Crippen LogP contribution in [0.15, 0.2) is 72.3 Å². The number of benzene rings is 3. The largest absolute Gasteiger partial charge is 0.493 e. The van der Waals surface area contributed by atoms with Crippen LogP contribution in [0.2, 0.25) is 0 Å². The molecule has 3 aromatic rings. The van der Waals surface area contributed by atoms with Gasteiger partial charge in [-0.2, -0.15) is 0 Å². The van der Waals surface area contributed by atoms with E-state index in [1.165, 1.54) is 25.3 Å². The van der Waals surface area contributed by atoms with Crippen molar-refractivity contribution in [3.05, 3.63) is 99.1 Å². The number of carbonyl (C=O) groups is 3. The first-order valence-corrected chi connectivity index (χ1v) is 10.8. The van der Waals surface area contributed by atoms with Crippen molar-refractivity contribution in [3.63, 3.8) is 0 Å². The Morgan fingerprint density at radius 3 is 2.31 bits per heavy atom. The average Bonchev–Trinajstić information content (AvgIpc) is 2.86. The molecule has 4 amide bonds. The van der Waals surface area contributed by atoms with Crippen molar-refractivity contribution in [2.24, 2.45) is 0 Å². The van der Waals surface area contributed by atoms with Gasteiger partial charge in [-0.15, -0.1) is 0 Å². The van der Waals surface area contributed by atoms with E-state index in [1.807, 2.05) is 31.2 Å². The third-order valence-electron chi connectivity index (χ3n) is 5.43. The summed E-state index contributed by atoms with van der Waals surface area (Å²) in [6, 6.07) is 16.7. The molecule has 10 heteroatoms. The number of hydrogen-bond donors (Lipinski definition) is 1. The number of non-ortho nitro benzene ring substituents is 1. The lowest BCUT2D eigenvalue weighted by atomic mass is 10.1. The summed E-state index contributed by atoms with van der Waals surface area (Å²) in [4.78, 5) is 48.9. The van der Waals surface area contributed by atoms with Gasteiger partial charge in [-0.1, -0.05) is 35.9 Å². The van der Waals surface area contributed by atoms with Crippen LogP contribution in [-0.2, 0) is 16.2 Å². The quantitative estimate of drug-likeness (QED) is 0.229. The smallest absolute Gasteiger partial charge is 0.335 e. The number of carbonyl (C=O) groups excluding carboxylic acids is 3. The van der Waals surface area contributed by atoms with Crippen LogP contribution in [0.25, 0.3) is 6.08 Å². The molecule has 36 heavy (non-hydrogen) atoms. The molecule has 1 heterocycles. The van der Waals surface area contributed by atoms with Crippen molar-refractivity contribution in [2.75, 3.05) is 12.0 Å². The number of urea groups is 1. The van der Waals surface area contributed by atoms with E-state index < -0.39 is 22.8 Å². The number of barbiturate groups is 1. The number of methoxy groups -OCH3 is 1. The zero-order valence-corrected chi connectivity index (χ0v) is 19.4. The number of anilines is 1. The minimum Gasteiger partial charge on any atom is -0.493 e. The zero-order valence-electron chi connectivity index (χ0n) is 19.4. The highest BCUT2D eigenvalue weighted by molar-refractivity contribution is 6.39. The van der Waals surface area contributed by atoms with E-state index in [2.05, 4.69) is 5.32 Å². The zero-order chi connectivity index (χ0) is 25.8. The van der Waals surface area contributed by atoms with Crippen LogP contribution < -0.4 is 19.7 Å². The Morgan fingerprint density at radius 1 is 0.972 bits per heavy atom. The molecule has 0 atom stereocenters. The van der Waals surface area contributed by atoms with Gasteiger partial charge in [0, 0.05) is 12.1 Å². The molecule has 0 saturated carbocycles. The molecular weight excluding hydrogens is 466 g/mol. The number of nitro groups is 1. The molecule has 0 aromatic heterocycles. The van der Waals surface area contributed by atoms with E-state index in [-0.39, 0.29) is 16.9 Å². The predicted molar refractivity (Wildman–Crippen MR) is 131 cm³/mol. The topological polar surface area (TPSA) is 128 Å². The van der Waals surface area contributed by atoms with Gasteiger partial charge in [0.05, 0.1) is 17.7 Å². The number of rotatable bonds is 7. The third-order valence-corrected chi connectivity index (χ3v) is 5.43. The first-order chi connectivity index (χ1) is 17.3. The standard InChI is InChI=1S/C26H21N3O7/c1-16-3-5-17(6-4-16)15-36-22-12-7-18(14-23(22)35-2)13-21-24(30)27-26(32)28(25(21)31)19-8-10-20(11-9-19)29(33)34/h3-14H,15H2,1-2H3,(H,27,30,32). The molecule has 1 N–H and O–H groups in total. The molecule has 1 aliphatic rings. The van der Waals surface area contributed by atoms with E-state index in [0.29, 0.717) is 23.7 Å². The molecule has 182 valence electrons. The second-order valence-electron chi connectivity index (χ2n) is 7.92. The van der Waals surface area contributed by atoms with Crippen LogP contribution in [0.4, 0.5) is 16.2 Å². The van der Waals surface area contributed by atoms with Crippen molar-refractivity contribution >= 4 is 35.3 Å². The number of nitrogens with one attached hydrogen (secondary N) is 1. The normalized spacial score (nSPS) is 14.6. The van der Waals surface area contributed by atoms with Gasteiger partial charge in [0.1, 0.15) is 12.2 Å². The monoisotopic (exact) mass is 487 g/mol. The second-order valence-corrected chi connectivity index (χ2v) is 7.92. The van der Waals surface area contributed by atoms with Gasteiger partial charge in [-0.25, -0.2) is 9.69 Å². The van der Waals surface area contributed by atoms with Gasteiger partial charge in [-0.05, 0) is 48.4 Å². The summed E-state index contributed by atoms with van der Waals surface area (Å²) < 4.78 is 11.3. The predicted octanol–water partition coefficient (Wildman–Crippen LogP) is 4.16. The summed E-state index contributed by atoms with van der Waals surface area (Å²) in [5.41, 5.74) is 2.18. The Hall–Kier alpha value is -4.99. The van der Waals surface area contributed by atoms with Crippen molar-refractivity contribution in [2.45, 2.75) is 13.5 Å². The van der Waals surface area contributed by atoms with Crippen molar-refractivity contribution in [3.8, 4) is 11.5 Å². The van der Waals surface area contributed by atoms with Crippen LogP contribution in [0, 0.1) is 17.0 Å². The fourth-order valence-electron chi connectivity index (χ4n) is 3.52. The summed E-state index contributed by atoms with van der Waals surface area (Å²) in [5.74, 6) is -0.858. The molecule has 0 bridgehead atoms. The van der Waals surface area contributed by atoms with Gasteiger partial charge < -0.3 is 9.47 Å². The molecule has 4 rings (SSSR count). The van der Waals surface area contributed by atoms with E-state index in [9.17, 15) is 24.5 Å². The number of nitro benzene ring substituents is 1. The number of hydrogen-bond acceptors (Lipinski definition) is 7. The lowest BCUT2D eigenvalue weighted by Gasteiger charge is -2.26. The summed E-state index contributed by atoms with van der Waals surface area (Å²) in [7, 11) is 1.47. The first-order valence-electron chi connectivity index (χ1n) is 10.8. The number of imide groups is 2. The number of amides is 4. The maximum atomic E-state index is 13.1. The summed E-state index contributed by atoms with van der Waals surface area (Å²) in [6.07, 6.45) is 1.33. The highest BCUT2D eigenvalue weighted by Gasteiger charge is 2.37. The van der Waals surface area contributed by atoms with Gasteiger partial charge in [0.15, 0.2) is 11.5 Å². The second kappa shape index (κ2) is 10.1. The Morgan fingerprint density at radius 2 is 1.67 bits per heavy atom. The van der Waals surface area contributed by atoms with Crippen LogP contribution >= 0.6 is 0 Å². The fourth-order valence-corrected chi connectivity index (χ4v) is 3.52. The number of nitrogens with zero attached hydrogens (tertiary/aromatic N) is 2. The Kier molecular flexibility index (Phi) is 6.77. The van der Waals surface area contributed by atoms with Crippen molar-refractivity contribution in [1.29, 1.82) is 0 Å². The highest BCUT2D eigenvalue weighted by atomic mass is 16.6. The SMILES string of the molecule is COc1cc(C=C2C(=O)NC(=O)N(c3ccc([N+](=O)[O-])cc3)C2=O)ccc1OCc1ccc(C)cc1. The van der Waals surface area contributed by atoms with Crippen LogP contribution in [0.1, 0.15) is 16.7 Å². The first kappa shape index (κ1) is 24.1. The summed E-state index contributed by atoms with van der Waals surface area (Å²) in [6.45, 7) is 2.32. The molecule has 0 aliphatic carbocycles. The molecular formula is C26H21N3O7. The fraction of sp³-hybridized carbons (Fsp3) is 0.115. The minimum atomic E-state index is -0.951.